The molecule has 0 bridgehead atoms. The van der Waals surface area contributed by atoms with Crippen molar-refractivity contribution >= 4 is 5.76 Å². The zero-order valence-corrected chi connectivity index (χ0v) is 8.79. The third kappa shape index (κ3) is 3.48. The maximum Gasteiger partial charge on any atom is 0.119 e. The van der Waals surface area contributed by atoms with Gasteiger partial charge in [-0.1, -0.05) is 42.5 Å². The second-order valence-electron chi connectivity index (χ2n) is 3.38. The molecule has 0 saturated heterocycles. The summed E-state index contributed by atoms with van der Waals surface area (Å²) >= 11 is 0. The lowest BCUT2D eigenvalue weighted by molar-refractivity contribution is 0.320. The average molecular weight is 188 g/mol. The molecule has 0 atom stereocenters. The van der Waals surface area contributed by atoms with Crippen molar-refractivity contribution in [1.29, 1.82) is 0 Å². The molecule has 0 radical (unpaired) electrons. The van der Waals surface area contributed by atoms with Crippen LogP contribution in [0.2, 0.25) is 0 Å². The van der Waals surface area contributed by atoms with Crippen molar-refractivity contribution in [2.45, 2.75) is 13.8 Å². The van der Waals surface area contributed by atoms with Crippen molar-refractivity contribution in [3.8, 4) is 0 Å². The minimum absolute atomic E-state index is 0.593. The van der Waals surface area contributed by atoms with Crippen molar-refractivity contribution in [1.82, 2.24) is 0 Å². The summed E-state index contributed by atoms with van der Waals surface area (Å²) in [4.78, 5) is 0. The molecule has 0 amide bonds. The zero-order valence-electron chi connectivity index (χ0n) is 8.79. The molecule has 0 saturated carbocycles. The number of hydrogen-bond acceptors (Lipinski definition) is 1. The van der Waals surface area contributed by atoms with Crippen LogP contribution in [0.5, 0.6) is 0 Å². The van der Waals surface area contributed by atoms with E-state index in [4.69, 9.17) is 4.74 Å². The normalized spacial score (nSPS) is 9.29. The third-order valence-corrected chi connectivity index (χ3v) is 1.84. The van der Waals surface area contributed by atoms with Gasteiger partial charge in [0.15, 0.2) is 0 Å². The predicted molar refractivity (Wildman–Crippen MR) is 60.9 cm³/mol. The topological polar surface area (TPSA) is 9.23 Å². The van der Waals surface area contributed by atoms with Crippen LogP contribution >= 0.6 is 0 Å². The Labute approximate surface area is 85.7 Å². The second kappa shape index (κ2) is 5.28. The molecule has 1 aromatic carbocycles. The SMILES string of the molecule is C=C(OCC=C(C)C)c1ccccc1. The van der Waals surface area contributed by atoms with Gasteiger partial charge in [-0.05, 0) is 19.9 Å². The minimum atomic E-state index is 0.593. The van der Waals surface area contributed by atoms with E-state index in [1.54, 1.807) is 0 Å². The van der Waals surface area contributed by atoms with Crippen LogP contribution in [0, 0.1) is 0 Å². The molecular formula is C13H16O. The Hall–Kier alpha value is -1.50. The summed E-state index contributed by atoms with van der Waals surface area (Å²) in [5.41, 5.74) is 2.29. The highest BCUT2D eigenvalue weighted by Crippen LogP contribution is 2.12. The molecule has 1 nitrogen and oxygen atoms in total. The van der Waals surface area contributed by atoms with E-state index in [9.17, 15) is 0 Å². The first-order valence-corrected chi connectivity index (χ1v) is 4.70. The van der Waals surface area contributed by atoms with Crippen LogP contribution in [0.3, 0.4) is 0 Å². The number of hydrogen-bond donors (Lipinski definition) is 0. The lowest BCUT2D eigenvalue weighted by Crippen LogP contribution is -1.91. The zero-order chi connectivity index (χ0) is 10.4. The highest BCUT2D eigenvalue weighted by molar-refractivity contribution is 5.56. The molecule has 14 heavy (non-hydrogen) atoms. The highest BCUT2D eigenvalue weighted by Gasteiger charge is 1.96. The van der Waals surface area contributed by atoms with Gasteiger partial charge in [0.05, 0.1) is 0 Å². The Morgan fingerprint density at radius 1 is 1.29 bits per heavy atom. The van der Waals surface area contributed by atoms with Gasteiger partial charge in [-0.3, -0.25) is 0 Å². The van der Waals surface area contributed by atoms with Gasteiger partial charge in [0.2, 0.25) is 0 Å². The Morgan fingerprint density at radius 3 is 2.50 bits per heavy atom. The largest absolute Gasteiger partial charge is 0.490 e. The molecule has 1 aromatic rings. The standard InChI is InChI=1S/C13H16O/c1-11(2)9-10-14-12(3)13-7-5-4-6-8-13/h4-9H,3,10H2,1-2H3. The van der Waals surface area contributed by atoms with Gasteiger partial charge in [0.1, 0.15) is 12.4 Å². The summed E-state index contributed by atoms with van der Waals surface area (Å²) in [6, 6.07) is 9.91. The second-order valence-corrected chi connectivity index (χ2v) is 3.38. The van der Waals surface area contributed by atoms with Crippen molar-refractivity contribution in [3.63, 3.8) is 0 Å². The van der Waals surface area contributed by atoms with Gasteiger partial charge in [0.25, 0.3) is 0 Å². The number of ether oxygens (including phenoxy) is 1. The average Bonchev–Trinajstić information content (AvgIpc) is 2.18. The summed E-state index contributed by atoms with van der Waals surface area (Å²) in [6.45, 7) is 8.56. The van der Waals surface area contributed by atoms with Crippen LogP contribution < -0.4 is 0 Å². The number of benzene rings is 1. The van der Waals surface area contributed by atoms with Crippen molar-refractivity contribution < 1.29 is 4.74 Å². The molecule has 0 N–H and O–H groups in total. The summed E-state index contributed by atoms with van der Waals surface area (Å²) in [5.74, 6) is 0.725. The maximum atomic E-state index is 5.47. The summed E-state index contributed by atoms with van der Waals surface area (Å²) in [7, 11) is 0. The summed E-state index contributed by atoms with van der Waals surface area (Å²) in [6.07, 6.45) is 2.04. The molecule has 74 valence electrons. The molecule has 0 unspecified atom stereocenters. The maximum absolute atomic E-state index is 5.47. The molecule has 0 fully saturated rings. The van der Waals surface area contributed by atoms with E-state index >= 15 is 0 Å². The van der Waals surface area contributed by atoms with Gasteiger partial charge < -0.3 is 4.74 Å². The first kappa shape index (κ1) is 10.6. The molecular weight excluding hydrogens is 172 g/mol. The fraction of sp³-hybridized carbons (Fsp3) is 0.231. The lowest BCUT2D eigenvalue weighted by Gasteiger charge is -2.06. The minimum Gasteiger partial charge on any atom is -0.490 e. The van der Waals surface area contributed by atoms with Crippen LogP contribution in [0.25, 0.3) is 5.76 Å². The Balaban J connectivity index is 2.48. The molecule has 0 aliphatic rings. The summed E-state index contributed by atoms with van der Waals surface area (Å²) in [5, 5.41) is 0. The predicted octanol–water partition coefficient (Wildman–Crippen LogP) is 3.64. The Bertz CT molecular complexity index is 318. The lowest BCUT2D eigenvalue weighted by atomic mass is 10.2. The van der Waals surface area contributed by atoms with E-state index < -0.39 is 0 Å². The monoisotopic (exact) mass is 188 g/mol. The molecule has 1 rings (SSSR count). The molecule has 0 spiro atoms. The molecule has 0 aromatic heterocycles. The van der Waals surface area contributed by atoms with E-state index in [0.717, 1.165) is 11.3 Å². The molecule has 0 aliphatic carbocycles. The van der Waals surface area contributed by atoms with Crippen molar-refractivity contribution in [2.24, 2.45) is 0 Å². The van der Waals surface area contributed by atoms with E-state index in [1.807, 2.05) is 36.4 Å². The van der Waals surface area contributed by atoms with E-state index in [-0.39, 0.29) is 0 Å². The van der Waals surface area contributed by atoms with Crippen molar-refractivity contribution in [2.75, 3.05) is 6.61 Å². The fourth-order valence-corrected chi connectivity index (χ4v) is 1.02. The number of allylic oxidation sites excluding steroid dienone is 1. The van der Waals surface area contributed by atoms with E-state index in [2.05, 4.69) is 20.4 Å². The quantitative estimate of drug-likeness (QED) is 0.517. The smallest absolute Gasteiger partial charge is 0.119 e. The van der Waals surface area contributed by atoms with Gasteiger partial charge in [-0.2, -0.15) is 0 Å². The van der Waals surface area contributed by atoms with E-state index in [1.165, 1.54) is 5.57 Å². The van der Waals surface area contributed by atoms with Gasteiger partial charge >= 0.3 is 0 Å². The van der Waals surface area contributed by atoms with Gasteiger partial charge in [-0.15, -0.1) is 0 Å². The van der Waals surface area contributed by atoms with Crippen LogP contribution in [-0.4, -0.2) is 6.61 Å². The first-order chi connectivity index (χ1) is 6.70. The first-order valence-electron chi connectivity index (χ1n) is 4.70. The number of rotatable bonds is 4. The van der Waals surface area contributed by atoms with Crippen LogP contribution in [0.1, 0.15) is 19.4 Å². The molecule has 1 heteroatoms. The van der Waals surface area contributed by atoms with Crippen molar-refractivity contribution in [3.05, 3.63) is 54.1 Å². The van der Waals surface area contributed by atoms with Crippen LogP contribution in [-0.2, 0) is 4.74 Å². The third-order valence-electron chi connectivity index (χ3n) is 1.84. The summed E-state index contributed by atoms with van der Waals surface area (Å²) < 4.78 is 5.47. The van der Waals surface area contributed by atoms with Gasteiger partial charge in [-0.25, -0.2) is 0 Å². The molecule has 0 heterocycles. The molecule has 0 aliphatic heterocycles. The Morgan fingerprint density at radius 2 is 1.93 bits per heavy atom. The highest BCUT2D eigenvalue weighted by atomic mass is 16.5. The fourth-order valence-electron chi connectivity index (χ4n) is 1.02. The van der Waals surface area contributed by atoms with Gasteiger partial charge in [0, 0.05) is 5.56 Å². The van der Waals surface area contributed by atoms with E-state index in [0.29, 0.717) is 6.61 Å². The Kier molecular flexibility index (Phi) is 3.99. The van der Waals surface area contributed by atoms with Crippen LogP contribution in [0.4, 0.5) is 0 Å². The van der Waals surface area contributed by atoms with Crippen LogP contribution in [0.15, 0.2) is 48.6 Å².